The number of hydrogen-bond acceptors (Lipinski definition) is 4. The fraction of sp³-hybridized carbons (Fsp3) is 0.417. The van der Waals surface area contributed by atoms with E-state index in [0.717, 1.165) is 0 Å². The van der Waals surface area contributed by atoms with Crippen molar-refractivity contribution in [2.24, 2.45) is 5.92 Å². The second-order valence-corrected chi connectivity index (χ2v) is 7.01. The number of amides is 1. The van der Waals surface area contributed by atoms with Crippen LogP contribution in [0.25, 0.3) is 0 Å². The molecule has 0 spiro atoms. The zero-order valence-electron chi connectivity index (χ0n) is 10.9. The van der Waals surface area contributed by atoms with Crippen LogP contribution in [-0.2, 0) is 13.8 Å². The molecule has 19 heavy (non-hydrogen) atoms. The SMILES string of the molecule is COc1ccc(S(=O)(=O)Cl)cc1NC(=O)CC(C)C. The maximum atomic E-state index is 11.7. The third kappa shape index (κ3) is 4.72. The minimum Gasteiger partial charge on any atom is -0.495 e. The number of methoxy groups -OCH3 is 1. The van der Waals surface area contributed by atoms with Crippen molar-refractivity contribution in [1.82, 2.24) is 0 Å². The lowest BCUT2D eigenvalue weighted by atomic mass is 10.1. The molecule has 1 rings (SSSR count). The Bertz CT molecular complexity index is 569. The first-order valence-corrected chi connectivity index (χ1v) is 7.97. The zero-order chi connectivity index (χ0) is 14.6. The van der Waals surface area contributed by atoms with E-state index in [1.165, 1.54) is 25.3 Å². The average Bonchev–Trinajstić information content (AvgIpc) is 2.26. The Hall–Kier alpha value is -1.27. The van der Waals surface area contributed by atoms with Gasteiger partial charge in [0, 0.05) is 17.1 Å². The Kier molecular flexibility index (Phi) is 5.20. The summed E-state index contributed by atoms with van der Waals surface area (Å²) in [5.41, 5.74) is 0.287. The monoisotopic (exact) mass is 305 g/mol. The van der Waals surface area contributed by atoms with Crippen molar-refractivity contribution in [1.29, 1.82) is 0 Å². The highest BCUT2D eigenvalue weighted by Crippen LogP contribution is 2.29. The summed E-state index contributed by atoms with van der Waals surface area (Å²) < 4.78 is 27.6. The van der Waals surface area contributed by atoms with Crippen LogP contribution in [0, 0.1) is 5.92 Å². The van der Waals surface area contributed by atoms with Crippen molar-refractivity contribution in [2.75, 3.05) is 12.4 Å². The molecule has 0 atom stereocenters. The number of hydrogen-bond donors (Lipinski definition) is 1. The molecule has 0 aliphatic carbocycles. The van der Waals surface area contributed by atoms with Gasteiger partial charge in [-0.1, -0.05) is 13.8 Å². The average molecular weight is 306 g/mol. The maximum absolute atomic E-state index is 11.7. The summed E-state index contributed by atoms with van der Waals surface area (Å²) in [6, 6.07) is 4.04. The van der Waals surface area contributed by atoms with E-state index >= 15 is 0 Å². The van der Waals surface area contributed by atoms with E-state index in [1.807, 2.05) is 13.8 Å². The fourth-order valence-electron chi connectivity index (χ4n) is 1.51. The Labute approximate surface area is 117 Å². The molecule has 0 saturated heterocycles. The minimum absolute atomic E-state index is 0.0881. The van der Waals surface area contributed by atoms with Gasteiger partial charge >= 0.3 is 0 Å². The Morgan fingerprint density at radius 3 is 2.53 bits per heavy atom. The summed E-state index contributed by atoms with van der Waals surface area (Å²) in [6.07, 6.45) is 0.334. The Morgan fingerprint density at radius 2 is 2.05 bits per heavy atom. The van der Waals surface area contributed by atoms with Crippen molar-refractivity contribution in [3.8, 4) is 5.75 Å². The van der Waals surface area contributed by atoms with Crippen molar-refractivity contribution in [3.63, 3.8) is 0 Å². The highest BCUT2D eigenvalue weighted by atomic mass is 35.7. The van der Waals surface area contributed by atoms with Gasteiger partial charge in [0.05, 0.1) is 17.7 Å². The normalized spacial score (nSPS) is 11.4. The minimum atomic E-state index is -3.84. The van der Waals surface area contributed by atoms with Crippen LogP contribution in [0.3, 0.4) is 0 Å². The molecule has 1 amide bonds. The molecule has 106 valence electrons. The van der Waals surface area contributed by atoms with Gasteiger partial charge in [0.1, 0.15) is 5.75 Å². The first kappa shape index (κ1) is 15.8. The summed E-state index contributed by atoms with van der Waals surface area (Å²) in [5, 5.41) is 2.62. The molecule has 5 nitrogen and oxygen atoms in total. The lowest BCUT2D eigenvalue weighted by Gasteiger charge is -2.12. The van der Waals surface area contributed by atoms with Gasteiger partial charge in [-0.25, -0.2) is 8.42 Å². The van der Waals surface area contributed by atoms with E-state index in [2.05, 4.69) is 5.32 Å². The largest absolute Gasteiger partial charge is 0.495 e. The predicted octanol–water partition coefficient (Wildman–Crippen LogP) is 2.61. The lowest BCUT2D eigenvalue weighted by Crippen LogP contribution is -2.14. The number of carbonyl (C=O) groups excluding carboxylic acids is 1. The second-order valence-electron chi connectivity index (χ2n) is 4.45. The zero-order valence-corrected chi connectivity index (χ0v) is 12.5. The molecule has 0 saturated carbocycles. The highest BCUT2D eigenvalue weighted by Gasteiger charge is 2.15. The van der Waals surface area contributed by atoms with Gasteiger partial charge in [-0.05, 0) is 24.1 Å². The van der Waals surface area contributed by atoms with Crippen LogP contribution in [0.15, 0.2) is 23.1 Å². The number of benzene rings is 1. The molecular formula is C12H16ClNO4S. The summed E-state index contributed by atoms with van der Waals surface area (Å²) in [7, 11) is 2.85. The first-order chi connectivity index (χ1) is 8.74. The van der Waals surface area contributed by atoms with Crippen LogP contribution >= 0.6 is 10.7 Å². The molecule has 0 radical (unpaired) electrons. The van der Waals surface area contributed by atoms with Crippen molar-refractivity contribution in [3.05, 3.63) is 18.2 Å². The topological polar surface area (TPSA) is 72.5 Å². The van der Waals surface area contributed by atoms with Gasteiger partial charge in [-0.3, -0.25) is 4.79 Å². The predicted molar refractivity (Wildman–Crippen MR) is 74.1 cm³/mol. The molecule has 1 aromatic rings. The molecule has 0 unspecified atom stereocenters. The number of ether oxygens (including phenoxy) is 1. The van der Waals surface area contributed by atoms with Gasteiger partial charge in [0.25, 0.3) is 9.05 Å². The molecule has 0 bridgehead atoms. The van der Waals surface area contributed by atoms with Crippen LogP contribution in [0.1, 0.15) is 20.3 Å². The maximum Gasteiger partial charge on any atom is 0.261 e. The number of anilines is 1. The molecule has 0 fully saturated rings. The molecule has 0 aliphatic rings. The summed E-state index contributed by atoms with van der Waals surface area (Å²) in [5.74, 6) is 0.365. The number of nitrogens with one attached hydrogen (secondary N) is 1. The van der Waals surface area contributed by atoms with Crippen LogP contribution in [0.4, 0.5) is 5.69 Å². The molecule has 1 N–H and O–H groups in total. The molecule has 7 heteroatoms. The van der Waals surface area contributed by atoms with Gasteiger partial charge in [0.2, 0.25) is 5.91 Å². The molecular weight excluding hydrogens is 290 g/mol. The van der Waals surface area contributed by atoms with E-state index in [9.17, 15) is 13.2 Å². The van der Waals surface area contributed by atoms with Gasteiger partial charge < -0.3 is 10.1 Å². The van der Waals surface area contributed by atoms with E-state index in [1.54, 1.807) is 0 Å². The van der Waals surface area contributed by atoms with Gasteiger partial charge in [-0.2, -0.15) is 0 Å². The third-order valence-corrected chi connectivity index (χ3v) is 3.67. The first-order valence-electron chi connectivity index (χ1n) is 5.66. The number of halogens is 1. The van der Waals surface area contributed by atoms with E-state index in [-0.39, 0.29) is 22.4 Å². The summed E-state index contributed by atoms with van der Waals surface area (Å²) in [6.45, 7) is 3.83. The highest BCUT2D eigenvalue weighted by molar-refractivity contribution is 8.13. The Morgan fingerprint density at radius 1 is 1.42 bits per heavy atom. The number of rotatable bonds is 5. The second kappa shape index (κ2) is 6.25. The van der Waals surface area contributed by atoms with Crippen LogP contribution < -0.4 is 10.1 Å². The van der Waals surface area contributed by atoms with Crippen LogP contribution in [-0.4, -0.2) is 21.4 Å². The fourth-order valence-corrected chi connectivity index (χ4v) is 2.29. The number of carbonyl (C=O) groups is 1. The molecule has 0 heterocycles. The lowest BCUT2D eigenvalue weighted by molar-refractivity contribution is -0.116. The van der Waals surface area contributed by atoms with Crippen molar-refractivity contribution < 1.29 is 17.9 Å². The van der Waals surface area contributed by atoms with E-state index in [4.69, 9.17) is 15.4 Å². The smallest absolute Gasteiger partial charge is 0.261 e. The van der Waals surface area contributed by atoms with E-state index in [0.29, 0.717) is 12.2 Å². The molecule has 0 aliphatic heterocycles. The standard InChI is InChI=1S/C12H16ClNO4S/c1-8(2)6-12(15)14-10-7-9(19(13,16)17)4-5-11(10)18-3/h4-5,7-8H,6H2,1-3H3,(H,14,15). The molecule has 1 aromatic carbocycles. The third-order valence-electron chi connectivity index (χ3n) is 2.32. The summed E-state index contributed by atoms with van der Waals surface area (Å²) in [4.78, 5) is 11.6. The van der Waals surface area contributed by atoms with Gasteiger partial charge in [0.15, 0.2) is 0 Å². The van der Waals surface area contributed by atoms with Crippen LogP contribution in [0.5, 0.6) is 5.75 Å². The van der Waals surface area contributed by atoms with Crippen LogP contribution in [0.2, 0.25) is 0 Å². The summed E-state index contributed by atoms with van der Waals surface area (Å²) >= 11 is 0. The molecule has 0 aromatic heterocycles. The van der Waals surface area contributed by atoms with Crippen molar-refractivity contribution >= 4 is 31.3 Å². The quantitative estimate of drug-likeness (QED) is 0.849. The van der Waals surface area contributed by atoms with Crippen molar-refractivity contribution in [2.45, 2.75) is 25.2 Å². The Balaban J connectivity index is 3.07. The van der Waals surface area contributed by atoms with Gasteiger partial charge in [-0.15, -0.1) is 0 Å². The van der Waals surface area contributed by atoms with E-state index < -0.39 is 9.05 Å².